The van der Waals surface area contributed by atoms with E-state index in [2.05, 4.69) is 25.9 Å². The highest BCUT2D eigenvalue weighted by atomic mass is 16.4. The average molecular weight is 498 g/mol. The lowest BCUT2D eigenvalue weighted by atomic mass is 10.1. The number of aliphatic carboxylic acids is 1. The SMILES string of the molecule is NC(=O)CCC(N)C(=O)NC(CO)C(=O)NC(Cc1cnc[nH]1)C(=O)NC(CCC(N)=O)C(=O)O. The number of aromatic nitrogens is 2. The average Bonchev–Trinajstić information content (AvgIpc) is 3.30. The van der Waals surface area contributed by atoms with Gasteiger partial charge in [0.2, 0.25) is 29.5 Å². The van der Waals surface area contributed by atoms with Crippen LogP contribution in [-0.4, -0.2) is 86.5 Å². The molecule has 0 aliphatic carbocycles. The molecule has 35 heavy (non-hydrogen) atoms. The van der Waals surface area contributed by atoms with Crippen molar-refractivity contribution in [1.82, 2.24) is 25.9 Å². The number of amides is 5. The highest BCUT2D eigenvalue weighted by Crippen LogP contribution is 2.04. The van der Waals surface area contributed by atoms with E-state index in [1.807, 2.05) is 0 Å². The molecule has 4 atom stereocenters. The standard InChI is InChI=1S/C19H30N8O8/c20-10(1-3-14(21)29)16(31)27-13(7-28)18(33)26-12(5-9-6-23-8-24-9)17(32)25-11(19(34)35)2-4-15(22)30/h6,8,10-13,28H,1-5,7,20H2,(H2,21,29)(H2,22,30)(H,23,24)(H,25,32)(H,26,33)(H,27,31)(H,34,35). The number of aromatic amines is 1. The van der Waals surface area contributed by atoms with Gasteiger partial charge in [0.25, 0.3) is 0 Å². The molecule has 0 fully saturated rings. The number of primary amides is 2. The molecule has 4 unspecified atom stereocenters. The molecule has 1 aromatic rings. The van der Waals surface area contributed by atoms with Gasteiger partial charge in [-0.05, 0) is 12.8 Å². The minimum absolute atomic E-state index is 0.0896. The molecule has 16 nitrogen and oxygen atoms in total. The van der Waals surface area contributed by atoms with Crippen LogP contribution < -0.4 is 33.2 Å². The normalized spacial score (nSPS) is 14.1. The Bertz CT molecular complexity index is 907. The van der Waals surface area contributed by atoms with Crippen LogP contribution in [0.1, 0.15) is 31.4 Å². The van der Waals surface area contributed by atoms with E-state index in [1.54, 1.807) is 0 Å². The summed E-state index contributed by atoms with van der Waals surface area (Å²) in [4.78, 5) is 77.5. The van der Waals surface area contributed by atoms with E-state index in [0.717, 1.165) is 0 Å². The molecule has 0 bridgehead atoms. The third-order valence-corrected chi connectivity index (χ3v) is 4.76. The van der Waals surface area contributed by atoms with Crippen molar-refractivity contribution in [2.75, 3.05) is 6.61 Å². The van der Waals surface area contributed by atoms with Gasteiger partial charge in [0, 0.05) is 31.2 Å². The monoisotopic (exact) mass is 498 g/mol. The molecule has 0 saturated carbocycles. The summed E-state index contributed by atoms with van der Waals surface area (Å²) in [6.07, 6.45) is 1.71. The lowest BCUT2D eigenvalue weighted by molar-refractivity contribution is -0.142. The molecular weight excluding hydrogens is 468 g/mol. The number of carboxylic acids is 1. The quantitative estimate of drug-likeness (QED) is 0.105. The van der Waals surface area contributed by atoms with Crippen LogP contribution >= 0.6 is 0 Å². The van der Waals surface area contributed by atoms with Gasteiger partial charge in [0.1, 0.15) is 18.1 Å². The predicted octanol–water partition coefficient (Wildman–Crippen LogP) is -4.66. The number of nitrogens with two attached hydrogens (primary N) is 3. The number of aliphatic hydroxyl groups is 1. The summed E-state index contributed by atoms with van der Waals surface area (Å²) in [5.41, 5.74) is 16.1. The van der Waals surface area contributed by atoms with Crippen LogP contribution in [0.2, 0.25) is 0 Å². The molecule has 0 saturated heterocycles. The Balaban J connectivity index is 2.92. The summed E-state index contributed by atoms with van der Waals surface area (Å²) in [5.74, 6) is -5.57. The molecule has 5 amide bonds. The van der Waals surface area contributed by atoms with Crippen LogP contribution in [0.5, 0.6) is 0 Å². The fourth-order valence-electron chi connectivity index (χ4n) is 2.82. The van der Waals surface area contributed by atoms with Gasteiger partial charge in [0.05, 0.1) is 19.0 Å². The lowest BCUT2D eigenvalue weighted by Crippen LogP contribution is -2.58. The van der Waals surface area contributed by atoms with Crippen LogP contribution in [0.25, 0.3) is 0 Å². The number of H-pyrrole nitrogens is 1. The van der Waals surface area contributed by atoms with Gasteiger partial charge in [-0.15, -0.1) is 0 Å². The number of carbonyl (C=O) groups is 6. The van der Waals surface area contributed by atoms with E-state index in [4.69, 9.17) is 17.2 Å². The van der Waals surface area contributed by atoms with Gasteiger partial charge >= 0.3 is 5.97 Å². The Morgan fingerprint density at radius 1 is 0.886 bits per heavy atom. The summed E-state index contributed by atoms with van der Waals surface area (Å²) < 4.78 is 0. The second-order valence-electron chi connectivity index (χ2n) is 7.60. The van der Waals surface area contributed by atoms with Gasteiger partial charge in [-0.1, -0.05) is 0 Å². The maximum atomic E-state index is 12.8. The number of carboxylic acid groups (broad SMARTS) is 1. The molecule has 1 aromatic heterocycles. The molecule has 1 rings (SSSR count). The Hall–Kier alpha value is -4.05. The van der Waals surface area contributed by atoms with Crippen molar-refractivity contribution >= 4 is 35.5 Å². The first kappa shape index (κ1) is 29.0. The highest BCUT2D eigenvalue weighted by molar-refractivity contribution is 5.94. The first-order valence-electron chi connectivity index (χ1n) is 10.5. The van der Waals surface area contributed by atoms with Gasteiger partial charge in [-0.2, -0.15) is 0 Å². The number of aliphatic hydroxyl groups excluding tert-OH is 1. The third kappa shape index (κ3) is 10.6. The summed E-state index contributed by atoms with van der Waals surface area (Å²) >= 11 is 0. The zero-order chi connectivity index (χ0) is 26.5. The van der Waals surface area contributed by atoms with Crippen molar-refractivity contribution in [2.45, 2.75) is 56.3 Å². The molecule has 0 aliphatic rings. The van der Waals surface area contributed by atoms with Crippen LogP contribution in [0.4, 0.5) is 0 Å². The van der Waals surface area contributed by atoms with Crippen LogP contribution in [0, 0.1) is 0 Å². The van der Waals surface area contributed by atoms with Crippen molar-refractivity contribution in [3.05, 3.63) is 18.2 Å². The van der Waals surface area contributed by atoms with Crippen LogP contribution in [0.3, 0.4) is 0 Å². The Kier molecular flexibility index (Phi) is 11.8. The van der Waals surface area contributed by atoms with E-state index in [1.165, 1.54) is 12.5 Å². The van der Waals surface area contributed by atoms with Crippen molar-refractivity contribution in [2.24, 2.45) is 17.2 Å². The number of imidazole rings is 1. The fourth-order valence-corrected chi connectivity index (χ4v) is 2.82. The molecule has 12 N–H and O–H groups in total. The lowest BCUT2D eigenvalue weighted by Gasteiger charge is -2.24. The first-order valence-corrected chi connectivity index (χ1v) is 10.5. The smallest absolute Gasteiger partial charge is 0.326 e. The fraction of sp³-hybridized carbons (Fsp3) is 0.526. The Labute approximate surface area is 199 Å². The van der Waals surface area contributed by atoms with Gasteiger partial charge < -0.3 is 48.3 Å². The van der Waals surface area contributed by atoms with Gasteiger partial charge in [-0.3, -0.25) is 24.0 Å². The second-order valence-corrected chi connectivity index (χ2v) is 7.60. The van der Waals surface area contributed by atoms with Crippen molar-refractivity contribution < 1.29 is 39.0 Å². The van der Waals surface area contributed by atoms with E-state index in [0.29, 0.717) is 5.69 Å². The predicted molar refractivity (Wildman–Crippen MR) is 118 cm³/mol. The molecular formula is C19H30N8O8. The summed E-state index contributed by atoms with van der Waals surface area (Å²) in [6, 6.07) is -5.51. The van der Waals surface area contributed by atoms with Crippen LogP contribution in [0.15, 0.2) is 12.5 Å². The molecule has 16 heteroatoms. The third-order valence-electron chi connectivity index (χ3n) is 4.76. The van der Waals surface area contributed by atoms with Crippen molar-refractivity contribution in [3.63, 3.8) is 0 Å². The highest BCUT2D eigenvalue weighted by Gasteiger charge is 2.30. The van der Waals surface area contributed by atoms with E-state index >= 15 is 0 Å². The molecule has 0 radical (unpaired) electrons. The van der Waals surface area contributed by atoms with Crippen molar-refractivity contribution in [3.8, 4) is 0 Å². The number of nitrogens with zero attached hydrogens (tertiary/aromatic N) is 1. The van der Waals surface area contributed by atoms with Gasteiger partial charge in [0.15, 0.2) is 0 Å². The summed E-state index contributed by atoms with van der Waals surface area (Å²) in [5, 5.41) is 25.7. The van der Waals surface area contributed by atoms with Crippen molar-refractivity contribution in [1.29, 1.82) is 0 Å². The first-order chi connectivity index (χ1) is 16.4. The number of rotatable bonds is 16. The second kappa shape index (κ2) is 14.3. The van der Waals surface area contributed by atoms with E-state index < -0.39 is 66.3 Å². The Morgan fingerprint density at radius 2 is 1.43 bits per heavy atom. The summed E-state index contributed by atoms with van der Waals surface area (Å²) in [7, 11) is 0. The largest absolute Gasteiger partial charge is 0.480 e. The van der Waals surface area contributed by atoms with E-state index in [9.17, 15) is 39.0 Å². The maximum absolute atomic E-state index is 12.8. The zero-order valence-corrected chi connectivity index (χ0v) is 18.7. The number of hydrogen-bond donors (Lipinski definition) is 9. The Morgan fingerprint density at radius 3 is 1.94 bits per heavy atom. The zero-order valence-electron chi connectivity index (χ0n) is 18.7. The van der Waals surface area contributed by atoms with Gasteiger partial charge in [-0.25, -0.2) is 9.78 Å². The topological polar surface area (TPSA) is 286 Å². The molecule has 0 aromatic carbocycles. The number of carbonyl (C=O) groups excluding carboxylic acids is 5. The van der Waals surface area contributed by atoms with E-state index in [-0.39, 0.29) is 32.1 Å². The summed E-state index contributed by atoms with van der Waals surface area (Å²) in [6.45, 7) is -0.852. The maximum Gasteiger partial charge on any atom is 0.326 e. The molecule has 0 spiro atoms. The molecule has 194 valence electrons. The number of hydrogen-bond acceptors (Lipinski definition) is 9. The molecule has 1 heterocycles. The number of nitrogens with one attached hydrogen (secondary N) is 4. The van der Waals surface area contributed by atoms with Crippen LogP contribution in [-0.2, 0) is 35.2 Å². The molecule has 0 aliphatic heterocycles. The minimum Gasteiger partial charge on any atom is -0.480 e. The minimum atomic E-state index is -1.51.